The fourth-order valence-corrected chi connectivity index (χ4v) is 5.18. The van der Waals surface area contributed by atoms with Crippen molar-refractivity contribution in [2.45, 2.75) is 10.8 Å². The van der Waals surface area contributed by atoms with E-state index >= 15 is 0 Å². The second kappa shape index (κ2) is 7.47. The van der Waals surface area contributed by atoms with Gasteiger partial charge in [-0.15, -0.1) is 11.3 Å². The Morgan fingerprint density at radius 1 is 1.12 bits per heavy atom. The highest BCUT2D eigenvalue weighted by Gasteiger charge is 2.28. The molecule has 2 aromatic heterocycles. The predicted octanol–water partition coefficient (Wildman–Crippen LogP) is 2.33. The van der Waals surface area contributed by atoms with Gasteiger partial charge in [0.25, 0.3) is 21.9 Å². The summed E-state index contributed by atoms with van der Waals surface area (Å²) >= 11 is 0.892. The van der Waals surface area contributed by atoms with E-state index in [4.69, 9.17) is 4.74 Å². The largest absolute Gasteiger partial charge is 0.379 e. The first kappa shape index (κ1) is 19.0. The van der Waals surface area contributed by atoms with Gasteiger partial charge >= 0.3 is 0 Å². The van der Waals surface area contributed by atoms with Crippen molar-refractivity contribution < 1.29 is 30.7 Å². The molecule has 0 unspecified atom stereocenters. The van der Waals surface area contributed by atoms with E-state index in [9.17, 15) is 26.0 Å². The number of sulfonamides is 1. The Hall–Kier alpha value is -1.76. The number of nitrogens with zero attached hydrogens (tertiary/aromatic N) is 2. The van der Waals surface area contributed by atoms with Crippen molar-refractivity contribution in [2.75, 3.05) is 31.6 Å². The molecule has 1 aliphatic heterocycles. The van der Waals surface area contributed by atoms with Gasteiger partial charge in [0.05, 0.1) is 13.2 Å². The van der Waals surface area contributed by atoms with E-state index in [-0.39, 0.29) is 23.8 Å². The molecule has 3 rings (SSSR count). The third-order valence-corrected chi connectivity index (χ3v) is 7.09. The Morgan fingerprint density at radius 2 is 1.73 bits per heavy atom. The minimum atomic E-state index is -3.69. The van der Waals surface area contributed by atoms with E-state index in [1.54, 1.807) is 0 Å². The van der Waals surface area contributed by atoms with Gasteiger partial charge in [-0.05, 0) is 12.1 Å². The monoisotopic (exact) mass is 411 g/mol. The van der Waals surface area contributed by atoms with Gasteiger partial charge in [-0.3, -0.25) is 0 Å². The SMILES string of the molecule is O=S(=O)(c1ccc(CNc2c(F)c(F)nc(F)c2F)s1)N1CCOCC1. The topological polar surface area (TPSA) is 71.5 Å². The minimum Gasteiger partial charge on any atom is -0.379 e. The highest BCUT2D eigenvalue weighted by Crippen LogP contribution is 2.27. The molecule has 0 spiro atoms. The summed E-state index contributed by atoms with van der Waals surface area (Å²) in [6, 6.07) is 2.82. The zero-order valence-electron chi connectivity index (χ0n) is 13.1. The summed E-state index contributed by atoms with van der Waals surface area (Å²) in [6.45, 7) is 0.854. The highest BCUT2D eigenvalue weighted by molar-refractivity contribution is 7.91. The molecule has 1 saturated heterocycles. The van der Waals surface area contributed by atoms with E-state index in [1.165, 1.54) is 16.4 Å². The van der Waals surface area contributed by atoms with Crippen LogP contribution in [0.2, 0.25) is 0 Å². The van der Waals surface area contributed by atoms with Crippen LogP contribution in [-0.4, -0.2) is 44.0 Å². The molecule has 1 aliphatic rings. The Labute approximate surface area is 150 Å². The molecular formula is C14H13F4N3O3S2. The number of hydrogen-bond acceptors (Lipinski definition) is 6. The molecule has 1 N–H and O–H groups in total. The lowest BCUT2D eigenvalue weighted by atomic mass is 10.3. The van der Waals surface area contributed by atoms with Gasteiger partial charge in [-0.2, -0.15) is 26.9 Å². The van der Waals surface area contributed by atoms with E-state index in [1.807, 2.05) is 0 Å². The summed E-state index contributed by atoms with van der Waals surface area (Å²) in [5.74, 6) is -6.84. The molecule has 0 amide bonds. The lowest BCUT2D eigenvalue weighted by molar-refractivity contribution is 0.0731. The van der Waals surface area contributed by atoms with Gasteiger partial charge in [0.2, 0.25) is 11.6 Å². The molecule has 0 aromatic carbocycles. The molecule has 0 saturated carbocycles. The fraction of sp³-hybridized carbons (Fsp3) is 0.357. The summed E-state index contributed by atoms with van der Waals surface area (Å²) in [5, 5.41) is 2.24. The van der Waals surface area contributed by atoms with Crippen molar-refractivity contribution in [3.8, 4) is 0 Å². The van der Waals surface area contributed by atoms with Crippen molar-refractivity contribution in [3.05, 3.63) is 40.5 Å². The molecule has 0 bridgehead atoms. The number of pyridine rings is 1. The first-order valence-electron chi connectivity index (χ1n) is 7.41. The number of aromatic nitrogens is 1. The number of ether oxygens (including phenoxy) is 1. The Balaban J connectivity index is 1.76. The van der Waals surface area contributed by atoms with Crippen LogP contribution in [0.1, 0.15) is 4.88 Å². The lowest BCUT2D eigenvalue weighted by Crippen LogP contribution is -2.40. The number of rotatable bonds is 5. The number of halogens is 4. The van der Waals surface area contributed by atoms with Crippen LogP contribution in [0.3, 0.4) is 0 Å². The molecule has 26 heavy (non-hydrogen) atoms. The van der Waals surface area contributed by atoms with E-state index in [0.29, 0.717) is 18.1 Å². The molecular weight excluding hydrogens is 398 g/mol. The van der Waals surface area contributed by atoms with Crippen LogP contribution in [-0.2, 0) is 21.3 Å². The number of thiophene rings is 1. The van der Waals surface area contributed by atoms with Gasteiger partial charge < -0.3 is 10.1 Å². The fourth-order valence-electron chi connectivity index (χ4n) is 2.32. The molecule has 3 heterocycles. The summed E-state index contributed by atoms with van der Waals surface area (Å²) in [7, 11) is -3.69. The average Bonchev–Trinajstić information content (AvgIpc) is 3.11. The van der Waals surface area contributed by atoms with Crippen molar-refractivity contribution in [1.82, 2.24) is 9.29 Å². The number of hydrogen-bond donors (Lipinski definition) is 1. The van der Waals surface area contributed by atoms with Crippen molar-refractivity contribution in [3.63, 3.8) is 0 Å². The number of morpholine rings is 1. The van der Waals surface area contributed by atoms with Gasteiger partial charge in [0.1, 0.15) is 9.90 Å². The molecule has 1 fully saturated rings. The Morgan fingerprint density at radius 3 is 2.35 bits per heavy atom. The Bertz CT molecular complexity index is 888. The van der Waals surface area contributed by atoms with Gasteiger partial charge in [-0.1, -0.05) is 0 Å². The summed E-state index contributed by atoms with van der Waals surface area (Å²) in [6.07, 6.45) is 0. The number of anilines is 1. The van der Waals surface area contributed by atoms with Crippen LogP contribution >= 0.6 is 11.3 Å². The average molecular weight is 411 g/mol. The quantitative estimate of drug-likeness (QED) is 0.604. The van der Waals surface area contributed by atoms with Gasteiger partial charge in [0, 0.05) is 24.5 Å². The molecule has 6 nitrogen and oxygen atoms in total. The van der Waals surface area contributed by atoms with Gasteiger partial charge in [0.15, 0.2) is 0 Å². The smallest absolute Gasteiger partial charge is 0.253 e. The highest BCUT2D eigenvalue weighted by atomic mass is 32.2. The molecule has 0 atom stereocenters. The second-order valence-electron chi connectivity index (χ2n) is 5.29. The molecule has 0 aliphatic carbocycles. The third-order valence-electron chi connectivity index (χ3n) is 3.64. The van der Waals surface area contributed by atoms with Gasteiger partial charge in [-0.25, -0.2) is 8.42 Å². The lowest BCUT2D eigenvalue weighted by Gasteiger charge is -2.25. The van der Waals surface area contributed by atoms with Crippen LogP contribution in [0, 0.1) is 23.5 Å². The van der Waals surface area contributed by atoms with E-state index in [0.717, 1.165) is 11.3 Å². The summed E-state index contributed by atoms with van der Waals surface area (Å²) in [5.41, 5.74) is -0.999. The van der Waals surface area contributed by atoms with Crippen LogP contribution in [0.5, 0.6) is 0 Å². The van der Waals surface area contributed by atoms with Crippen LogP contribution in [0.15, 0.2) is 16.3 Å². The molecule has 142 valence electrons. The standard InChI is InChI=1S/C14H13F4N3O3S2/c15-10-12(11(16)14(18)20-13(10)17)19-7-8-1-2-9(25-8)26(22,23)21-3-5-24-6-4-21/h1-2H,3-7H2,(H,19,20). The predicted molar refractivity (Wildman–Crippen MR) is 85.3 cm³/mol. The van der Waals surface area contributed by atoms with E-state index in [2.05, 4.69) is 10.3 Å². The maximum absolute atomic E-state index is 13.6. The third kappa shape index (κ3) is 3.68. The van der Waals surface area contributed by atoms with Crippen molar-refractivity contribution >= 4 is 27.0 Å². The van der Waals surface area contributed by atoms with Crippen LogP contribution < -0.4 is 5.32 Å². The van der Waals surface area contributed by atoms with Crippen LogP contribution in [0.4, 0.5) is 23.2 Å². The maximum atomic E-state index is 13.6. The summed E-state index contributed by atoms with van der Waals surface area (Å²) < 4.78 is 84.8. The first-order valence-corrected chi connectivity index (χ1v) is 9.67. The normalized spacial score (nSPS) is 16.0. The number of nitrogens with one attached hydrogen (secondary N) is 1. The second-order valence-corrected chi connectivity index (χ2v) is 8.62. The molecule has 0 radical (unpaired) electrons. The maximum Gasteiger partial charge on any atom is 0.253 e. The zero-order valence-corrected chi connectivity index (χ0v) is 14.8. The first-order chi connectivity index (χ1) is 12.3. The summed E-state index contributed by atoms with van der Waals surface area (Å²) in [4.78, 5) is 2.87. The van der Waals surface area contributed by atoms with Crippen molar-refractivity contribution in [1.29, 1.82) is 0 Å². The molecule has 12 heteroatoms. The van der Waals surface area contributed by atoms with E-state index < -0.39 is 39.2 Å². The zero-order chi connectivity index (χ0) is 18.9. The minimum absolute atomic E-state index is 0.0595. The molecule has 2 aromatic rings. The Kier molecular flexibility index (Phi) is 5.46. The van der Waals surface area contributed by atoms with Crippen molar-refractivity contribution in [2.24, 2.45) is 0 Å². The van der Waals surface area contributed by atoms with Crippen LogP contribution in [0.25, 0.3) is 0 Å².